The molecular weight excluding hydrogens is 355 g/mol. The first-order chi connectivity index (χ1) is 12.0. The van der Waals surface area contributed by atoms with Crippen molar-refractivity contribution < 1.29 is 4.79 Å². The average Bonchev–Trinajstić information content (AvgIpc) is 2.92. The second-order valence-electron chi connectivity index (χ2n) is 5.89. The fourth-order valence-corrected chi connectivity index (χ4v) is 3.15. The molecule has 0 N–H and O–H groups in total. The number of carbonyl (C=O) groups is 1. The standard InChI is InChI=1S/C20H18Cl2N2O/c1-3-10-24(13-14-4-7-16(21)8-5-14)20(25)19-11-15-6-9-17(22)12-18(15)23(19)2/h3-9,11-12H,1,10,13H2,2H3. The maximum Gasteiger partial charge on any atom is 0.271 e. The topological polar surface area (TPSA) is 25.2 Å². The lowest BCUT2D eigenvalue weighted by atomic mass is 10.2. The van der Waals surface area contributed by atoms with Gasteiger partial charge >= 0.3 is 0 Å². The molecule has 0 unspecified atom stereocenters. The Hall–Kier alpha value is -2.23. The number of benzene rings is 2. The Kier molecular flexibility index (Phi) is 5.16. The molecular formula is C20H18Cl2N2O. The fourth-order valence-electron chi connectivity index (χ4n) is 2.86. The number of carbonyl (C=O) groups excluding carboxylic acids is 1. The van der Waals surface area contributed by atoms with Crippen LogP contribution >= 0.6 is 23.2 Å². The van der Waals surface area contributed by atoms with Gasteiger partial charge in [-0.15, -0.1) is 6.58 Å². The van der Waals surface area contributed by atoms with Crippen LogP contribution in [0.25, 0.3) is 10.9 Å². The summed E-state index contributed by atoms with van der Waals surface area (Å²) in [5, 5.41) is 2.31. The highest BCUT2D eigenvalue weighted by molar-refractivity contribution is 6.31. The van der Waals surface area contributed by atoms with E-state index in [9.17, 15) is 4.79 Å². The fraction of sp³-hybridized carbons (Fsp3) is 0.150. The number of halogens is 2. The second kappa shape index (κ2) is 7.34. The van der Waals surface area contributed by atoms with Gasteiger partial charge in [0, 0.05) is 41.1 Å². The number of hydrogen-bond acceptors (Lipinski definition) is 1. The van der Waals surface area contributed by atoms with E-state index in [4.69, 9.17) is 23.2 Å². The highest BCUT2D eigenvalue weighted by Crippen LogP contribution is 2.24. The number of aryl methyl sites for hydroxylation is 1. The maximum atomic E-state index is 13.1. The Morgan fingerprint density at radius 3 is 2.48 bits per heavy atom. The maximum absolute atomic E-state index is 13.1. The first kappa shape index (κ1) is 17.6. The molecule has 25 heavy (non-hydrogen) atoms. The number of nitrogens with zero attached hydrogens (tertiary/aromatic N) is 2. The summed E-state index contributed by atoms with van der Waals surface area (Å²) < 4.78 is 1.88. The number of aromatic nitrogens is 1. The van der Waals surface area contributed by atoms with Crippen LogP contribution in [0.3, 0.4) is 0 Å². The van der Waals surface area contributed by atoms with Crippen LogP contribution < -0.4 is 0 Å². The van der Waals surface area contributed by atoms with Gasteiger partial charge in [-0.25, -0.2) is 0 Å². The predicted molar refractivity (Wildman–Crippen MR) is 104 cm³/mol. The van der Waals surface area contributed by atoms with E-state index in [2.05, 4.69) is 6.58 Å². The largest absolute Gasteiger partial charge is 0.340 e. The monoisotopic (exact) mass is 372 g/mol. The summed E-state index contributed by atoms with van der Waals surface area (Å²) in [6.07, 6.45) is 1.73. The van der Waals surface area contributed by atoms with Crippen LogP contribution in [0.15, 0.2) is 61.2 Å². The quantitative estimate of drug-likeness (QED) is 0.556. The summed E-state index contributed by atoms with van der Waals surface area (Å²) in [6.45, 7) is 4.72. The van der Waals surface area contributed by atoms with Crippen molar-refractivity contribution in [3.8, 4) is 0 Å². The van der Waals surface area contributed by atoms with E-state index in [0.717, 1.165) is 16.5 Å². The molecule has 0 aliphatic carbocycles. The van der Waals surface area contributed by atoms with Gasteiger partial charge in [-0.3, -0.25) is 4.79 Å². The molecule has 5 heteroatoms. The Morgan fingerprint density at radius 2 is 1.80 bits per heavy atom. The summed E-state index contributed by atoms with van der Waals surface area (Å²) in [6, 6.07) is 15.0. The molecule has 0 aliphatic heterocycles. The van der Waals surface area contributed by atoms with Gasteiger partial charge in [-0.2, -0.15) is 0 Å². The predicted octanol–water partition coefficient (Wildman–Crippen LogP) is 5.31. The third kappa shape index (κ3) is 3.73. The lowest BCUT2D eigenvalue weighted by Crippen LogP contribution is -2.32. The van der Waals surface area contributed by atoms with Crippen LogP contribution in [0.5, 0.6) is 0 Å². The van der Waals surface area contributed by atoms with Crippen molar-refractivity contribution in [2.45, 2.75) is 6.54 Å². The van der Waals surface area contributed by atoms with Gasteiger partial charge < -0.3 is 9.47 Å². The normalized spacial score (nSPS) is 10.8. The zero-order valence-corrected chi connectivity index (χ0v) is 15.4. The third-order valence-electron chi connectivity index (χ3n) is 4.15. The van der Waals surface area contributed by atoms with Crippen LogP contribution in [0, 0.1) is 0 Å². The molecule has 1 aromatic heterocycles. The van der Waals surface area contributed by atoms with Crippen molar-refractivity contribution in [3.05, 3.63) is 82.5 Å². The lowest BCUT2D eigenvalue weighted by molar-refractivity contribution is 0.0753. The van der Waals surface area contributed by atoms with E-state index >= 15 is 0 Å². The van der Waals surface area contributed by atoms with E-state index < -0.39 is 0 Å². The minimum absolute atomic E-state index is 0.0512. The summed E-state index contributed by atoms with van der Waals surface area (Å²) in [5.41, 5.74) is 2.57. The van der Waals surface area contributed by atoms with Crippen LogP contribution in [0.1, 0.15) is 16.1 Å². The van der Waals surface area contributed by atoms with Gasteiger partial charge in [-0.05, 0) is 35.9 Å². The molecule has 0 atom stereocenters. The molecule has 128 valence electrons. The van der Waals surface area contributed by atoms with Gasteiger partial charge in [-0.1, -0.05) is 47.5 Å². The number of fused-ring (bicyclic) bond motifs is 1. The first-order valence-corrected chi connectivity index (χ1v) is 8.65. The lowest BCUT2D eigenvalue weighted by Gasteiger charge is -2.21. The number of rotatable bonds is 5. The molecule has 3 nitrogen and oxygen atoms in total. The molecule has 1 amide bonds. The number of amides is 1. The van der Waals surface area contributed by atoms with Crippen molar-refractivity contribution in [2.75, 3.05) is 6.54 Å². The number of hydrogen-bond donors (Lipinski definition) is 0. The summed E-state index contributed by atoms with van der Waals surface area (Å²) in [4.78, 5) is 14.8. The molecule has 3 rings (SSSR count). The highest BCUT2D eigenvalue weighted by Gasteiger charge is 2.19. The molecule has 0 radical (unpaired) electrons. The van der Waals surface area contributed by atoms with Gasteiger partial charge in [0.1, 0.15) is 5.69 Å². The minimum Gasteiger partial charge on any atom is -0.340 e. The zero-order valence-electron chi connectivity index (χ0n) is 13.9. The van der Waals surface area contributed by atoms with Crippen molar-refractivity contribution in [1.29, 1.82) is 0 Å². The summed E-state index contributed by atoms with van der Waals surface area (Å²) in [7, 11) is 1.88. The minimum atomic E-state index is -0.0512. The van der Waals surface area contributed by atoms with E-state index in [1.165, 1.54) is 0 Å². The smallest absolute Gasteiger partial charge is 0.271 e. The second-order valence-corrected chi connectivity index (χ2v) is 6.77. The Balaban J connectivity index is 1.93. The molecule has 0 aliphatic rings. The van der Waals surface area contributed by atoms with Crippen molar-refractivity contribution >= 4 is 40.0 Å². The van der Waals surface area contributed by atoms with Crippen LogP contribution in [0.4, 0.5) is 0 Å². The van der Waals surface area contributed by atoms with Crippen LogP contribution in [0.2, 0.25) is 10.0 Å². The van der Waals surface area contributed by atoms with Crippen molar-refractivity contribution in [1.82, 2.24) is 9.47 Å². The first-order valence-electron chi connectivity index (χ1n) is 7.89. The van der Waals surface area contributed by atoms with Crippen molar-refractivity contribution in [2.24, 2.45) is 7.05 Å². The zero-order chi connectivity index (χ0) is 18.0. The van der Waals surface area contributed by atoms with E-state index in [1.54, 1.807) is 11.0 Å². The molecule has 0 spiro atoms. The molecule has 0 saturated carbocycles. The van der Waals surface area contributed by atoms with Crippen molar-refractivity contribution in [3.63, 3.8) is 0 Å². The SMILES string of the molecule is C=CCN(Cc1ccc(Cl)cc1)C(=O)c1cc2ccc(Cl)cc2n1C. The molecule has 1 heterocycles. The molecule has 0 fully saturated rings. The molecule has 0 saturated heterocycles. The van der Waals surface area contributed by atoms with E-state index in [1.807, 2.05) is 60.1 Å². The third-order valence-corrected chi connectivity index (χ3v) is 4.64. The Bertz CT molecular complexity index is 929. The summed E-state index contributed by atoms with van der Waals surface area (Å²) in [5.74, 6) is -0.0512. The molecule has 0 bridgehead atoms. The van der Waals surface area contributed by atoms with Gasteiger partial charge in [0.05, 0.1) is 0 Å². The molecule has 2 aromatic carbocycles. The summed E-state index contributed by atoms with van der Waals surface area (Å²) >= 11 is 12.0. The van der Waals surface area contributed by atoms with Gasteiger partial charge in [0.15, 0.2) is 0 Å². The molecule has 3 aromatic rings. The Morgan fingerprint density at radius 1 is 1.12 bits per heavy atom. The van der Waals surface area contributed by atoms with Crippen LogP contribution in [-0.2, 0) is 13.6 Å². The van der Waals surface area contributed by atoms with E-state index in [0.29, 0.717) is 28.8 Å². The van der Waals surface area contributed by atoms with Crippen LogP contribution in [-0.4, -0.2) is 21.9 Å². The average molecular weight is 373 g/mol. The Labute approximate surface area is 157 Å². The van der Waals surface area contributed by atoms with E-state index in [-0.39, 0.29) is 5.91 Å². The van der Waals surface area contributed by atoms with Gasteiger partial charge in [0.2, 0.25) is 0 Å². The highest BCUT2D eigenvalue weighted by atomic mass is 35.5. The van der Waals surface area contributed by atoms with Gasteiger partial charge in [0.25, 0.3) is 5.91 Å².